The van der Waals surface area contributed by atoms with Crippen LogP contribution >= 0.6 is 0 Å². The van der Waals surface area contributed by atoms with Crippen LogP contribution in [0.15, 0.2) is 12.4 Å². The zero-order valence-electron chi connectivity index (χ0n) is 11.7. The number of rotatable bonds is 4. The van der Waals surface area contributed by atoms with Crippen LogP contribution in [0.3, 0.4) is 0 Å². The van der Waals surface area contributed by atoms with Gasteiger partial charge < -0.3 is 10.5 Å². The van der Waals surface area contributed by atoms with E-state index in [1.165, 1.54) is 6.42 Å². The average Bonchev–Trinajstić information content (AvgIpc) is 2.85. The lowest BCUT2D eigenvalue weighted by Crippen LogP contribution is -2.33. The number of esters is 1. The van der Waals surface area contributed by atoms with Crippen LogP contribution in [0.1, 0.15) is 50.6 Å². The Kier molecular flexibility index (Phi) is 4.58. The summed E-state index contributed by atoms with van der Waals surface area (Å²) in [6, 6.07) is -0.729. The minimum Gasteiger partial charge on any atom is -0.461 e. The predicted octanol–water partition coefficient (Wildman–Crippen LogP) is 1.93. The van der Waals surface area contributed by atoms with Crippen molar-refractivity contribution in [1.29, 1.82) is 0 Å². The van der Waals surface area contributed by atoms with Gasteiger partial charge >= 0.3 is 5.97 Å². The third-order valence-electron chi connectivity index (χ3n) is 3.97. The molecule has 0 saturated heterocycles. The van der Waals surface area contributed by atoms with Crippen molar-refractivity contribution < 1.29 is 9.53 Å². The van der Waals surface area contributed by atoms with Crippen LogP contribution in [0.25, 0.3) is 0 Å². The number of carbonyl (C=O) groups is 1. The molecule has 1 aliphatic rings. The van der Waals surface area contributed by atoms with Crippen molar-refractivity contribution in [2.45, 2.75) is 51.2 Å². The second kappa shape index (κ2) is 6.19. The molecule has 1 heterocycles. The summed E-state index contributed by atoms with van der Waals surface area (Å²) in [4.78, 5) is 12.1. The van der Waals surface area contributed by atoms with E-state index >= 15 is 0 Å². The molecule has 3 unspecified atom stereocenters. The highest BCUT2D eigenvalue weighted by Gasteiger charge is 2.29. The third-order valence-corrected chi connectivity index (χ3v) is 3.97. The molecule has 0 radical (unpaired) electrons. The topological polar surface area (TPSA) is 70.1 Å². The largest absolute Gasteiger partial charge is 0.461 e. The third kappa shape index (κ3) is 3.35. The Balaban J connectivity index is 1.96. The SMILES string of the molecule is CCC1CCCCC1OC(=O)C(N)c1cnn(C)c1. The number of nitrogens with zero attached hydrogens (tertiary/aromatic N) is 2. The van der Waals surface area contributed by atoms with Crippen molar-refractivity contribution in [3.8, 4) is 0 Å². The molecule has 0 aliphatic heterocycles. The Labute approximate surface area is 114 Å². The summed E-state index contributed by atoms with van der Waals surface area (Å²) in [7, 11) is 1.80. The molecular formula is C14H23N3O2. The maximum absolute atomic E-state index is 12.1. The Morgan fingerprint density at radius 3 is 2.95 bits per heavy atom. The van der Waals surface area contributed by atoms with Crippen molar-refractivity contribution in [1.82, 2.24) is 9.78 Å². The fraction of sp³-hybridized carbons (Fsp3) is 0.714. The molecule has 0 bridgehead atoms. The van der Waals surface area contributed by atoms with Crippen molar-refractivity contribution in [3.63, 3.8) is 0 Å². The van der Waals surface area contributed by atoms with Crippen LogP contribution in [-0.2, 0) is 16.6 Å². The van der Waals surface area contributed by atoms with E-state index < -0.39 is 6.04 Å². The molecule has 2 rings (SSSR count). The van der Waals surface area contributed by atoms with Gasteiger partial charge in [-0.3, -0.25) is 4.68 Å². The van der Waals surface area contributed by atoms with E-state index in [0.717, 1.165) is 25.7 Å². The predicted molar refractivity (Wildman–Crippen MR) is 72.3 cm³/mol. The van der Waals surface area contributed by atoms with Crippen LogP contribution in [-0.4, -0.2) is 21.9 Å². The van der Waals surface area contributed by atoms with Crippen LogP contribution in [0.5, 0.6) is 0 Å². The maximum atomic E-state index is 12.1. The normalized spacial score (nSPS) is 25.0. The van der Waals surface area contributed by atoms with Gasteiger partial charge in [-0.1, -0.05) is 13.3 Å². The quantitative estimate of drug-likeness (QED) is 0.844. The summed E-state index contributed by atoms with van der Waals surface area (Å²) in [6.07, 6.45) is 8.95. The van der Waals surface area contributed by atoms with Crippen molar-refractivity contribution in [2.24, 2.45) is 18.7 Å². The first kappa shape index (κ1) is 14.1. The fourth-order valence-corrected chi connectivity index (χ4v) is 2.76. The van der Waals surface area contributed by atoms with E-state index in [9.17, 15) is 4.79 Å². The lowest BCUT2D eigenvalue weighted by Gasteiger charge is -2.31. The smallest absolute Gasteiger partial charge is 0.327 e. The second-order valence-electron chi connectivity index (χ2n) is 5.35. The molecule has 0 spiro atoms. The standard InChI is InChI=1S/C14H23N3O2/c1-3-10-6-4-5-7-12(10)19-14(18)13(15)11-8-16-17(2)9-11/h8-10,12-13H,3-7,15H2,1-2H3. The first-order chi connectivity index (χ1) is 9.11. The van der Waals surface area contributed by atoms with E-state index in [0.29, 0.717) is 11.5 Å². The average molecular weight is 265 g/mol. The first-order valence-electron chi connectivity index (χ1n) is 7.06. The van der Waals surface area contributed by atoms with Crippen LogP contribution in [0.4, 0.5) is 0 Å². The molecule has 2 N–H and O–H groups in total. The number of carbonyl (C=O) groups excluding carboxylic acids is 1. The minimum absolute atomic E-state index is 0.0361. The Morgan fingerprint density at radius 1 is 1.58 bits per heavy atom. The summed E-state index contributed by atoms with van der Waals surface area (Å²) < 4.78 is 7.26. The Bertz CT molecular complexity index is 430. The van der Waals surface area contributed by atoms with E-state index in [-0.39, 0.29) is 12.1 Å². The molecule has 0 amide bonds. The van der Waals surface area contributed by atoms with E-state index in [1.807, 2.05) is 0 Å². The van der Waals surface area contributed by atoms with Gasteiger partial charge in [-0.25, -0.2) is 4.79 Å². The van der Waals surface area contributed by atoms with E-state index in [1.54, 1.807) is 24.1 Å². The van der Waals surface area contributed by atoms with Gasteiger partial charge in [-0.15, -0.1) is 0 Å². The van der Waals surface area contributed by atoms with Gasteiger partial charge in [0, 0.05) is 18.8 Å². The number of aryl methyl sites for hydroxylation is 1. The van der Waals surface area contributed by atoms with Gasteiger partial charge in [0.2, 0.25) is 0 Å². The summed E-state index contributed by atoms with van der Waals surface area (Å²) >= 11 is 0. The number of hydrogen-bond donors (Lipinski definition) is 1. The molecule has 5 nitrogen and oxygen atoms in total. The highest BCUT2D eigenvalue weighted by atomic mass is 16.5. The number of hydrogen-bond acceptors (Lipinski definition) is 4. The Hall–Kier alpha value is -1.36. The van der Waals surface area contributed by atoms with Gasteiger partial charge in [0.25, 0.3) is 0 Å². The fourth-order valence-electron chi connectivity index (χ4n) is 2.76. The van der Waals surface area contributed by atoms with Gasteiger partial charge in [0.1, 0.15) is 12.1 Å². The molecule has 1 aliphatic carbocycles. The molecule has 1 aromatic heterocycles. The molecule has 5 heteroatoms. The highest BCUT2D eigenvalue weighted by molar-refractivity contribution is 5.77. The minimum atomic E-state index is -0.729. The molecule has 1 aromatic rings. The summed E-state index contributed by atoms with van der Waals surface area (Å²) in [5.74, 6) is 0.150. The van der Waals surface area contributed by atoms with Gasteiger partial charge in [0.05, 0.1) is 6.20 Å². The summed E-state index contributed by atoms with van der Waals surface area (Å²) in [5.41, 5.74) is 6.63. The molecular weight excluding hydrogens is 242 g/mol. The zero-order valence-corrected chi connectivity index (χ0v) is 11.7. The van der Waals surface area contributed by atoms with Crippen LogP contribution in [0, 0.1) is 5.92 Å². The van der Waals surface area contributed by atoms with Gasteiger partial charge in [-0.2, -0.15) is 5.10 Å². The van der Waals surface area contributed by atoms with E-state index in [2.05, 4.69) is 12.0 Å². The zero-order chi connectivity index (χ0) is 13.8. The monoisotopic (exact) mass is 265 g/mol. The molecule has 19 heavy (non-hydrogen) atoms. The van der Waals surface area contributed by atoms with Crippen LogP contribution < -0.4 is 5.73 Å². The molecule has 1 fully saturated rings. The molecule has 106 valence electrons. The molecule has 3 atom stereocenters. The first-order valence-corrected chi connectivity index (χ1v) is 7.06. The van der Waals surface area contributed by atoms with Crippen molar-refractivity contribution in [3.05, 3.63) is 18.0 Å². The summed E-state index contributed by atoms with van der Waals surface area (Å²) in [6.45, 7) is 2.15. The number of nitrogens with two attached hydrogens (primary N) is 1. The van der Waals surface area contributed by atoms with Crippen molar-refractivity contribution >= 4 is 5.97 Å². The van der Waals surface area contributed by atoms with Gasteiger partial charge in [-0.05, 0) is 31.6 Å². The number of aromatic nitrogens is 2. The van der Waals surface area contributed by atoms with Crippen molar-refractivity contribution in [2.75, 3.05) is 0 Å². The second-order valence-corrected chi connectivity index (χ2v) is 5.35. The highest BCUT2D eigenvalue weighted by Crippen LogP contribution is 2.30. The molecule has 0 aromatic carbocycles. The van der Waals surface area contributed by atoms with E-state index in [4.69, 9.17) is 10.5 Å². The lowest BCUT2D eigenvalue weighted by molar-refractivity contribution is -0.155. The lowest BCUT2D eigenvalue weighted by atomic mass is 9.85. The number of ether oxygens (including phenoxy) is 1. The van der Waals surface area contributed by atoms with Crippen LogP contribution in [0.2, 0.25) is 0 Å². The molecule has 1 saturated carbocycles. The summed E-state index contributed by atoms with van der Waals surface area (Å²) in [5, 5.41) is 4.03. The maximum Gasteiger partial charge on any atom is 0.327 e. The van der Waals surface area contributed by atoms with Gasteiger partial charge in [0.15, 0.2) is 0 Å². The Morgan fingerprint density at radius 2 is 2.32 bits per heavy atom.